The number of rotatable bonds is 3. The third-order valence-corrected chi connectivity index (χ3v) is 5.86. The van der Waals surface area contributed by atoms with E-state index in [2.05, 4.69) is 10.7 Å². The fraction of sp³-hybridized carbons (Fsp3) is 0.192. The lowest BCUT2D eigenvalue weighted by Crippen LogP contribution is -2.40. The molecule has 2 N–H and O–H groups in total. The van der Waals surface area contributed by atoms with Crippen LogP contribution in [0, 0.1) is 6.92 Å². The van der Waals surface area contributed by atoms with Crippen molar-refractivity contribution in [3.8, 4) is 11.5 Å². The number of hydrazine groups is 1. The minimum atomic E-state index is -0.726. The Labute approximate surface area is 197 Å². The molecular formula is C26H24ClN3O3. The second kappa shape index (κ2) is 8.05. The minimum Gasteiger partial charge on any atom is -0.449 e. The molecule has 0 fully saturated rings. The van der Waals surface area contributed by atoms with Crippen molar-refractivity contribution in [3.63, 3.8) is 0 Å². The summed E-state index contributed by atoms with van der Waals surface area (Å²) in [7, 11) is 0. The van der Waals surface area contributed by atoms with Gasteiger partial charge < -0.3 is 14.8 Å². The zero-order valence-electron chi connectivity index (χ0n) is 18.6. The van der Waals surface area contributed by atoms with Crippen molar-refractivity contribution in [2.75, 3.05) is 11.9 Å². The number of carbonyl (C=O) groups excluding carboxylic acids is 1. The van der Waals surface area contributed by atoms with Gasteiger partial charge in [-0.15, -0.1) is 0 Å². The number of nitrogens with zero attached hydrogens (tertiary/aromatic N) is 1. The zero-order valence-corrected chi connectivity index (χ0v) is 19.4. The highest BCUT2D eigenvalue weighted by molar-refractivity contribution is 6.30. The number of benzene rings is 3. The maximum atomic E-state index is 13.2. The van der Waals surface area contributed by atoms with Crippen LogP contribution in [0.1, 0.15) is 30.5 Å². The number of anilines is 1. The number of hydrogen-bond donors (Lipinski definition) is 2. The molecule has 0 aliphatic carbocycles. The van der Waals surface area contributed by atoms with Gasteiger partial charge in [0.15, 0.2) is 11.5 Å². The molecule has 0 saturated heterocycles. The lowest BCUT2D eigenvalue weighted by Gasteiger charge is -2.20. The Balaban J connectivity index is 1.40. The number of hydrogen-bond acceptors (Lipinski definition) is 4. The topological polar surface area (TPSA) is 62.8 Å². The summed E-state index contributed by atoms with van der Waals surface area (Å²) in [6.07, 6.45) is 0. The molecule has 0 bridgehead atoms. The van der Waals surface area contributed by atoms with Crippen molar-refractivity contribution in [3.05, 3.63) is 88.4 Å². The lowest BCUT2D eigenvalue weighted by molar-refractivity contribution is -0.0431. The molecule has 3 aromatic rings. The summed E-state index contributed by atoms with van der Waals surface area (Å²) in [4.78, 5) is 13.2. The molecule has 168 valence electrons. The summed E-state index contributed by atoms with van der Waals surface area (Å²) < 4.78 is 11.6. The van der Waals surface area contributed by atoms with Crippen LogP contribution in [0.3, 0.4) is 0 Å². The van der Waals surface area contributed by atoms with Gasteiger partial charge >= 0.3 is 6.03 Å². The quantitative estimate of drug-likeness (QED) is 0.496. The van der Waals surface area contributed by atoms with Gasteiger partial charge in [-0.2, -0.15) is 0 Å². The van der Waals surface area contributed by atoms with Gasteiger partial charge in [0.05, 0.1) is 12.2 Å². The van der Waals surface area contributed by atoms with E-state index >= 15 is 0 Å². The Morgan fingerprint density at radius 2 is 1.67 bits per heavy atom. The normalized spacial score (nSPS) is 16.1. The third-order valence-electron chi connectivity index (χ3n) is 5.61. The van der Waals surface area contributed by atoms with Crippen molar-refractivity contribution in [2.24, 2.45) is 0 Å². The van der Waals surface area contributed by atoms with Gasteiger partial charge in [-0.1, -0.05) is 54.1 Å². The molecular weight excluding hydrogens is 438 g/mol. The Morgan fingerprint density at radius 1 is 1.00 bits per heavy atom. The largest absolute Gasteiger partial charge is 0.449 e. The van der Waals surface area contributed by atoms with Gasteiger partial charge in [0.25, 0.3) is 0 Å². The van der Waals surface area contributed by atoms with E-state index in [1.165, 1.54) is 0 Å². The van der Waals surface area contributed by atoms with E-state index in [0.29, 0.717) is 28.8 Å². The molecule has 3 aromatic carbocycles. The predicted molar refractivity (Wildman–Crippen MR) is 130 cm³/mol. The van der Waals surface area contributed by atoms with E-state index in [9.17, 15) is 4.79 Å². The highest BCUT2D eigenvalue weighted by atomic mass is 35.5. The summed E-state index contributed by atoms with van der Waals surface area (Å²) >= 11 is 6.08. The first kappa shape index (κ1) is 21.2. The van der Waals surface area contributed by atoms with E-state index in [1.54, 1.807) is 11.1 Å². The maximum absolute atomic E-state index is 13.2. The third kappa shape index (κ3) is 4.22. The van der Waals surface area contributed by atoms with Gasteiger partial charge in [0.2, 0.25) is 5.79 Å². The molecule has 7 heteroatoms. The first-order valence-corrected chi connectivity index (χ1v) is 11.1. The summed E-state index contributed by atoms with van der Waals surface area (Å²) in [5, 5.41) is 5.23. The average molecular weight is 462 g/mol. The molecule has 2 heterocycles. The fourth-order valence-electron chi connectivity index (χ4n) is 4.02. The second-order valence-electron chi connectivity index (χ2n) is 8.57. The van der Waals surface area contributed by atoms with Crippen LogP contribution in [0.15, 0.2) is 66.7 Å². The number of halogens is 1. The highest BCUT2D eigenvalue weighted by Gasteiger charge is 2.33. The first-order valence-electron chi connectivity index (χ1n) is 10.7. The number of aryl methyl sites for hydroxylation is 1. The molecule has 6 nitrogen and oxygen atoms in total. The molecule has 2 amide bonds. The molecule has 0 aromatic heterocycles. The zero-order chi connectivity index (χ0) is 23.2. The van der Waals surface area contributed by atoms with Gasteiger partial charge in [0, 0.05) is 36.2 Å². The molecule has 0 saturated carbocycles. The SMILES string of the molecule is Cc1cc2c(cc1NC(=O)N1CC(c3ccccc3)=C(c3ccc(Cl)cc3)N1)OC(C)(C)O2. The Morgan fingerprint density at radius 3 is 2.36 bits per heavy atom. The highest BCUT2D eigenvalue weighted by Crippen LogP contribution is 2.42. The van der Waals surface area contributed by atoms with Crippen LogP contribution in [0.4, 0.5) is 10.5 Å². The van der Waals surface area contributed by atoms with Crippen LogP contribution in [0.25, 0.3) is 11.3 Å². The second-order valence-corrected chi connectivity index (χ2v) is 9.01. The number of ether oxygens (including phenoxy) is 2. The predicted octanol–water partition coefficient (Wildman–Crippen LogP) is 6.08. The van der Waals surface area contributed by atoms with Gasteiger partial charge in [-0.25, -0.2) is 9.80 Å². The fourth-order valence-corrected chi connectivity index (χ4v) is 4.15. The van der Waals surface area contributed by atoms with Gasteiger partial charge in [-0.3, -0.25) is 5.43 Å². The van der Waals surface area contributed by atoms with E-state index in [0.717, 1.165) is 28.0 Å². The number of amides is 2. The van der Waals surface area contributed by atoms with E-state index in [4.69, 9.17) is 21.1 Å². The van der Waals surface area contributed by atoms with Crippen LogP contribution in [-0.4, -0.2) is 23.4 Å². The van der Waals surface area contributed by atoms with E-state index < -0.39 is 5.79 Å². The molecule has 0 spiro atoms. The van der Waals surface area contributed by atoms with Crippen molar-refractivity contribution in [2.45, 2.75) is 26.6 Å². The molecule has 0 radical (unpaired) electrons. The van der Waals surface area contributed by atoms with Crippen molar-refractivity contribution in [1.82, 2.24) is 10.4 Å². The van der Waals surface area contributed by atoms with Gasteiger partial charge in [-0.05, 0) is 41.8 Å². The molecule has 0 atom stereocenters. The van der Waals surface area contributed by atoms with Crippen molar-refractivity contribution >= 4 is 34.6 Å². The van der Waals surface area contributed by atoms with Crippen LogP contribution >= 0.6 is 11.6 Å². The summed E-state index contributed by atoms with van der Waals surface area (Å²) in [6, 6.07) is 21.0. The molecule has 2 aliphatic rings. The van der Waals surface area contributed by atoms with Crippen LogP contribution < -0.4 is 20.2 Å². The smallest absolute Gasteiger partial charge is 0.340 e. The summed E-state index contributed by atoms with van der Waals surface area (Å²) in [5.74, 6) is 0.559. The van der Waals surface area contributed by atoms with E-state index in [-0.39, 0.29) is 6.03 Å². The molecule has 2 aliphatic heterocycles. The lowest BCUT2D eigenvalue weighted by atomic mass is 10.0. The summed E-state index contributed by atoms with van der Waals surface area (Å²) in [6.45, 7) is 6.03. The summed E-state index contributed by atoms with van der Waals surface area (Å²) in [5.41, 5.74) is 8.74. The number of fused-ring (bicyclic) bond motifs is 1. The monoisotopic (exact) mass is 461 g/mol. The van der Waals surface area contributed by atoms with Gasteiger partial charge in [0.1, 0.15) is 0 Å². The minimum absolute atomic E-state index is 0.270. The van der Waals surface area contributed by atoms with E-state index in [1.807, 2.05) is 81.4 Å². The van der Waals surface area contributed by atoms with Crippen molar-refractivity contribution < 1.29 is 14.3 Å². The van der Waals surface area contributed by atoms with Crippen LogP contribution in [-0.2, 0) is 0 Å². The Hall–Kier alpha value is -3.64. The van der Waals surface area contributed by atoms with Crippen LogP contribution in [0.2, 0.25) is 5.02 Å². The maximum Gasteiger partial charge on any atom is 0.340 e. The standard InChI is InChI=1S/C26H24ClN3O3/c1-16-13-22-23(33-26(2,3)32-22)14-21(16)28-25(31)30-15-20(17-7-5-4-6-8-17)24(29-30)18-9-11-19(27)12-10-18/h4-14,29H,15H2,1-3H3,(H,28,31). The van der Waals surface area contributed by atoms with Crippen molar-refractivity contribution in [1.29, 1.82) is 0 Å². The average Bonchev–Trinajstić information content (AvgIpc) is 3.35. The molecule has 33 heavy (non-hydrogen) atoms. The number of carbonyl (C=O) groups is 1. The first-order chi connectivity index (χ1) is 15.8. The van der Waals surface area contributed by atoms with Crippen LogP contribution in [0.5, 0.6) is 11.5 Å². The number of urea groups is 1. The Bertz CT molecular complexity index is 1250. The molecule has 0 unspecified atom stereocenters. The number of nitrogens with one attached hydrogen (secondary N) is 2. The Kier molecular flexibility index (Phi) is 5.17. The molecule has 5 rings (SSSR count).